The Morgan fingerprint density at radius 3 is 2.77 bits per heavy atom. The van der Waals surface area contributed by atoms with Gasteiger partial charge in [0.2, 0.25) is 11.8 Å². The summed E-state index contributed by atoms with van der Waals surface area (Å²) in [6.07, 6.45) is 2.22. The van der Waals surface area contributed by atoms with Crippen molar-refractivity contribution in [3.05, 3.63) is 41.2 Å². The van der Waals surface area contributed by atoms with E-state index in [4.69, 9.17) is 4.74 Å². The summed E-state index contributed by atoms with van der Waals surface area (Å²) >= 11 is 1.29. The van der Waals surface area contributed by atoms with Gasteiger partial charge in [-0.25, -0.2) is 13.8 Å². The lowest BCUT2D eigenvalue weighted by Gasteiger charge is -2.14. The van der Waals surface area contributed by atoms with Crippen LogP contribution in [0.25, 0.3) is 0 Å². The number of thioether (sulfide) groups is 1. The zero-order valence-corrected chi connectivity index (χ0v) is 17.7. The highest BCUT2D eigenvalue weighted by Gasteiger charge is 2.21. The first-order valence-corrected chi connectivity index (χ1v) is 10.6. The van der Waals surface area contributed by atoms with Gasteiger partial charge in [-0.15, -0.1) is 0 Å². The maximum absolute atomic E-state index is 13.2. The molecular formula is C20H24F2N4O3S. The third-order valence-corrected chi connectivity index (χ3v) is 5.79. The van der Waals surface area contributed by atoms with Crippen molar-refractivity contribution < 1.29 is 23.1 Å². The van der Waals surface area contributed by atoms with Crippen molar-refractivity contribution in [1.82, 2.24) is 14.9 Å². The minimum Gasteiger partial charge on any atom is -0.376 e. The molecule has 10 heteroatoms. The van der Waals surface area contributed by atoms with Gasteiger partial charge in [0.05, 0.1) is 30.6 Å². The van der Waals surface area contributed by atoms with Gasteiger partial charge >= 0.3 is 0 Å². The van der Waals surface area contributed by atoms with Crippen molar-refractivity contribution in [3.63, 3.8) is 0 Å². The van der Waals surface area contributed by atoms with E-state index in [2.05, 4.69) is 20.2 Å². The fraction of sp³-hybridized carbons (Fsp3) is 0.450. The molecule has 1 fully saturated rings. The number of hydrogen-bond donors (Lipinski definition) is 2. The topological polar surface area (TPSA) is 85.3 Å². The Bertz CT molecular complexity index is 929. The third kappa shape index (κ3) is 5.79. The highest BCUT2D eigenvalue weighted by molar-refractivity contribution is 7.99. The van der Waals surface area contributed by atoms with Gasteiger partial charge in [-0.2, -0.15) is 0 Å². The molecule has 3 rings (SSSR count). The fourth-order valence-corrected chi connectivity index (χ4v) is 4.01. The SMILES string of the molecule is Cc1nc(SCC(=O)NCC(=O)Nc2ccc(F)c(F)c2)n(C[C@@H]2CCCO2)c1C. The van der Waals surface area contributed by atoms with Crippen molar-refractivity contribution in [1.29, 1.82) is 0 Å². The Morgan fingerprint density at radius 1 is 1.27 bits per heavy atom. The van der Waals surface area contributed by atoms with Crippen molar-refractivity contribution in [2.75, 3.05) is 24.2 Å². The molecule has 0 spiro atoms. The summed E-state index contributed by atoms with van der Waals surface area (Å²) in [6, 6.07) is 3.04. The van der Waals surface area contributed by atoms with E-state index in [0.717, 1.165) is 48.1 Å². The van der Waals surface area contributed by atoms with Gasteiger partial charge in [0.1, 0.15) is 0 Å². The zero-order valence-electron chi connectivity index (χ0n) is 16.8. The Balaban J connectivity index is 1.48. The Hall–Kier alpha value is -2.46. The molecule has 1 atom stereocenters. The van der Waals surface area contributed by atoms with Gasteiger partial charge in [0.25, 0.3) is 0 Å². The molecule has 1 aliphatic rings. The number of halogens is 2. The quantitative estimate of drug-likeness (QED) is 0.619. The van der Waals surface area contributed by atoms with Gasteiger partial charge < -0.3 is 19.9 Å². The molecule has 0 radical (unpaired) electrons. The van der Waals surface area contributed by atoms with Crippen LogP contribution in [0.4, 0.5) is 14.5 Å². The van der Waals surface area contributed by atoms with Crippen LogP contribution < -0.4 is 10.6 Å². The van der Waals surface area contributed by atoms with Crippen molar-refractivity contribution in [2.45, 2.75) is 44.5 Å². The molecule has 1 aliphatic heterocycles. The van der Waals surface area contributed by atoms with Crippen LogP contribution >= 0.6 is 11.8 Å². The number of nitrogens with one attached hydrogen (secondary N) is 2. The predicted molar refractivity (Wildman–Crippen MR) is 109 cm³/mol. The largest absolute Gasteiger partial charge is 0.376 e. The van der Waals surface area contributed by atoms with Crippen LogP contribution in [0.3, 0.4) is 0 Å². The summed E-state index contributed by atoms with van der Waals surface area (Å²) in [5.74, 6) is -2.83. The van der Waals surface area contributed by atoms with Gasteiger partial charge in [0, 0.05) is 24.1 Å². The number of carbonyl (C=O) groups excluding carboxylic acids is 2. The third-order valence-electron chi connectivity index (χ3n) is 4.81. The van der Waals surface area contributed by atoms with Crippen LogP contribution in [0.5, 0.6) is 0 Å². The van der Waals surface area contributed by atoms with Gasteiger partial charge in [0.15, 0.2) is 16.8 Å². The summed E-state index contributed by atoms with van der Waals surface area (Å²) in [4.78, 5) is 28.6. The van der Waals surface area contributed by atoms with Crippen LogP contribution in [0, 0.1) is 25.5 Å². The monoisotopic (exact) mass is 438 g/mol. The second-order valence-corrected chi connectivity index (χ2v) is 8.00. The maximum atomic E-state index is 13.2. The maximum Gasteiger partial charge on any atom is 0.243 e. The van der Waals surface area contributed by atoms with Gasteiger partial charge in [-0.05, 0) is 38.8 Å². The molecule has 1 saturated heterocycles. The number of benzene rings is 1. The summed E-state index contributed by atoms with van der Waals surface area (Å²) in [5.41, 5.74) is 2.06. The fourth-order valence-electron chi connectivity index (χ4n) is 3.08. The minimum absolute atomic E-state index is 0.0971. The summed E-state index contributed by atoms with van der Waals surface area (Å²) in [5, 5.41) is 5.65. The van der Waals surface area contributed by atoms with Crippen molar-refractivity contribution in [2.24, 2.45) is 0 Å². The Morgan fingerprint density at radius 2 is 2.07 bits per heavy atom. The Kier molecular flexibility index (Phi) is 7.43. The number of carbonyl (C=O) groups is 2. The van der Waals surface area contributed by atoms with Crippen LogP contribution in [-0.2, 0) is 20.9 Å². The lowest BCUT2D eigenvalue weighted by Crippen LogP contribution is -2.34. The number of hydrogen-bond acceptors (Lipinski definition) is 5. The molecule has 2 N–H and O–H groups in total. The molecule has 7 nitrogen and oxygen atoms in total. The van der Waals surface area contributed by atoms with E-state index in [1.807, 2.05) is 13.8 Å². The predicted octanol–water partition coefficient (Wildman–Crippen LogP) is 2.80. The van der Waals surface area contributed by atoms with E-state index in [0.29, 0.717) is 6.54 Å². The van der Waals surface area contributed by atoms with Crippen molar-refractivity contribution in [3.8, 4) is 0 Å². The number of aromatic nitrogens is 2. The number of imidazole rings is 1. The van der Waals surface area contributed by atoms with Crippen LogP contribution in [0.2, 0.25) is 0 Å². The highest BCUT2D eigenvalue weighted by Crippen LogP contribution is 2.24. The number of rotatable bonds is 8. The highest BCUT2D eigenvalue weighted by atomic mass is 32.2. The molecule has 1 aromatic heterocycles. The summed E-state index contributed by atoms with van der Waals surface area (Å²) in [6.45, 7) is 5.11. The molecule has 2 amide bonds. The molecule has 162 valence electrons. The van der Waals surface area contributed by atoms with Crippen LogP contribution in [0.15, 0.2) is 23.4 Å². The molecule has 0 bridgehead atoms. The molecule has 1 aromatic carbocycles. The molecular weight excluding hydrogens is 414 g/mol. The number of amides is 2. The van der Waals surface area contributed by atoms with E-state index in [1.54, 1.807) is 0 Å². The minimum atomic E-state index is -1.06. The zero-order chi connectivity index (χ0) is 21.7. The first-order valence-electron chi connectivity index (χ1n) is 9.63. The summed E-state index contributed by atoms with van der Waals surface area (Å²) < 4.78 is 33.9. The van der Waals surface area contributed by atoms with E-state index in [-0.39, 0.29) is 30.0 Å². The number of aryl methyl sites for hydroxylation is 1. The first-order chi connectivity index (χ1) is 14.3. The molecule has 0 saturated carbocycles. The molecule has 2 aromatic rings. The van der Waals surface area contributed by atoms with Crippen LogP contribution in [-0.4, -0.2) is 46.4 Å². The summed E-state index contributed by atoms with van der Waals surface area (Å²) in [7, 11) is 0. The second-order valence-electron chi connectivity index (χ2n) is 7.05. The smallest absolute Gasteiger partial charge is 0.243 e. The second kappa shape index (κ2) is 10.0. The number of anilines is 1. The first kappa shape index (κ1) is 22.2. The van der Waals surface area contributed by atoms with E-state index in [1.165, 1.54) is 17.8 Å². The van der Waals surface area contributed by atoms with E-state index >= 15 is 0 Å². The number of ether oxygens (including phenoxy) is 1. The molecule has 0 aliphatic carbocycles. The lowest BCUT2D eigenvalue weighted by atomic mass is 10.2. The normalized spacial score (nSPS) is 15.9. The Labute approximate surface area is 177 Å². The average molecular weight is 439 g/mol. The number of nitrogens with zero attached hydrogens (tertiary/aromatic N) is 2. The average Bonchev–Trinajstić information content (AvgIpc) is 3.31. The van der Waals surface area contributed by atoms with E-state index in [9.17, 15) is 18.4 Å². The van der Waals surface area contributed by atoms with Gasteiger partial charge in [-0.3, -0.25) is 9.59 Å². The molecule has 2 heterocycles. The van der Waals surface area contributed by atoms with Gasteiger partial charge in [-0.1, -0.05) is 11.8 Å². The van der Waals surface area contributed by atoms with Crippen molar-refractivity contribution >= 4 is 29.3 Å². The molecule has 0 unspecified atom stereocenters. The lowest BCUT2D eigenvalue weighted by molar-refractivity contribution is -0.122. The van der Waals surface area contributed by atoms with Crippen LogP contribution in [0.1, 0.15) is 24.2 Å². The van der Waals surface area contributed by atoms with E-state index < -0.39 is 17.5 Å². The standard InChI is InChI=1S/C20H24F2N4O3S/c1-12-13(2)26(10-15-4-3-7-29-15)20(24-12)30-11-19(28)23-9-18(27)25-14-5-6-16(21)17(22)8-14/h5-6,8,15H,3-4,7,9-11H2,1-2H3,(H,23,28)(H,25,27)/t15-/m0/s1. The molecule has 30 heavy (non-hydrogen) atoms.